The Morgan fingerprint density at radius 3 is 2.14 bits per heavy atom. The van der Waals surface area contributed by atoms with Crippen LogP contribution in [0.5, 0.6) is 0 Å². The van der Waals surface area contributed by atoms with Crippen LogP contribution in [0.1, 0.15) is 45.2 Å². The van der Waals surface area contributed by atoms with Gasteiger partial charge in [0.25, 0.3) is 0 Å². The maximum absolute atomic E-state index is 12.0. The quantitative estimate of drug-likeness (QED) is 0.438. The first-order chi connectivity index (χ1) is 13.1. The summed E-state index contributed by atoms with van der Waals surface area (Å²) in [6.07, 6.45) is -0.643. The first kappa shape index (κ1) is 22.0. The van der Waals surface area contributed by atoms with Crippen molar-refractivity contribution in [1.29, 1.82) is 0 Å². The van der Waals surface area contributed by atoms with Crippen LogP contribution >= 0.6 is 0 Å². The number of amides is 2. The molecule has 0 spiro atoms. The molecule has 28 heavy (non-hydrogen) atoms. The van der Waals surface area contributed by atoms with Crippen molar-refractivity contribution in [2.45, 2.75) is 51.3 Å². The molecule has 1 unspecified atom stereocenters. The highest BCUT2D eigenvalue weighted by Crippen LogP contribution is 2.27. The van der Waals surface area contributed by atoms with E-state index in [1.54, 1.807) is 0 Å². The van der Waals surface area contributed by atoms with Crippen molar-refractivity contribution >= 4 is 12.2 Å². The molecular formula is C20H30N2O6. The molecule has 0 bridgehead atoms. The topological polar surface area (TPSA) is 109 Å². The van der Waals surface area contributed by atoms with Crippen molar-refractivity contribution in [1.82, 2.24) is 10.6 Å². The molecule has 2 amide bonds. The Hall–Kier alpha value is -2.32. The Balaban J connectivity index is 2.01. The van der Waals surface area contributed by atoms with E-state index < -0.39 is 23.3 Å². The SMILES string of the molecule is CC(C)(NC(=O)OCCCO)c1cccc(C(C)(C)NC(=O)OCC2CO2)c1. The lowest BCUT2D eigenvalue weighted by Gasteiger charge is -2.30. The second kappa shape index (κ2) is 9.25. The van der Waals surface area contributed by atoms with Crippen LogP contribution in [-0.2, 0) is 25.3 Å². The molecule has 8 heteroatoms. The minimum atomic E-state index is -0.688. The third-order valence-corrected chi connectivity index (χ3v) is 4.47. The number of rotatable bonds is 9. The Morgan fingerprint density at radius 2 is 1.64 bits per heavy atom. The van der Waals surface area contributed by atoms with Gasteiger partial charge in [-0.3, -0.25) is 0 Å². The predicted octanol–water partition coefficient (Wildman–Crippen LogP) is 2.39. The van der Waals surface area contributed by atoms with Gasteiger partial charge in [-0.1, -0.05) is 24.3 Å². The monoisotopic (exact) mass is 394 g/mol. The molecule has 1 aromatic rings. The van der Waals surface area contributed by atoms with Crippen molar-refractivity contribution < 1.29 is 28.9 Å². The van der Waals surface area contributed by atoms with Gasteiger partial charge in [0.2, 0.25) is 0 Å². The highest BCUT2D eigenvalue weighted by atomic mass is 16.6. The fourth-order valence-corrected chi connectivity index (χ4v) is 2.59. The van der Waals surface area contributed by atoms with Gasteiger partial charge in [-0.2, -0.15) is 0 Å². The summed E-state index contributed by atoms with van der Waals surface area (Å²) in [5.41, 5.74) is 0.369. The van der Waals surface area contributed by atoms with E-state index >= 15 is 0 Å². The molecule has 1 aliphatic heterocycles. The number of aliphatic hydroxyl groups is 1. The number of ether oxygens (including phenoxy) is 3. The summed E-state index contributed by atoms with van der Waals surface area (Å²) in [4.78, 5) is 24.0. The van der Waals surface area contributed by atoms with Crippen LogP contribution in [0, 0.1) is 0 Å². The largest absolute Gasteiger partial charge is 0.449 e. The fourth-order valence-electron chi connectivity index (χ4n) is 2.59. The van der Waals surface area contributed by atoms with Gasteiger partial charge in [0.1, 0.15) is 12.7 Å². The van der Waals surface area contributed by atoms with Gasteiger partial charge in [0.15, 0.2) is 0 Å². The van der Waals surface area contributed by atoms with Crippen molar-refractivity contribution in [2.75, 3.05) is 26.4 Å². The zero-order valence-electron chi connectivity index (χ0n) is 16.9. The fraction of sp³-hybridized carbons (Fsp3) is 0.600. The normalized spacial score (nSPS) is 16.2. The number of alkyl carbamates (subject to hydrolysis) is 2. The highest BCUT2D eigenvalue weighted by Gasteiger charge is 2.29. The maximum Gasteiger partial charge on any atom is 0.407 e. The van der Waals surface area contributed by atoms with Crippen LogP contribution in [0.4, 0.5) is 9.59 Å². The summed E-state index contributed by atoms with van der Waals surface area (Å²) >= 11 is 0. The molecule has 1 heterocycles. The zero-order valence-corrected chi connectivity index (χ0v) is 16.9. The van der Waals surface area contributed by atoms with Crippen molar-refractivity contribution in [3.05, 3.63) is 35.4 Å². The average molecular weight is 394 g/mol. The Kier molecular flexibility index (Phi) is 7.26. The smallest absolute Gasteiger partial charge is 0.407 e. The number of hydrogen-bond acceptors (Lipinski definition) is 6. The summed E-state index contributed by atoms with van der Waals surface area (Å²) < 4.78 is 15.2. The number of nitrogens with one attached hydrogen (secondary N) is 2. The summed E-state index contributed by atoms with van der Waals surface area (Å²) in [6.45, 7) is 8.49. The van der Waals surface area contributed by atoms with E-state index in [9.17, 15) is 9.59 Å². The molecular weight excluding hydrogens is 364 g/mol. The summed E-state index contributed by atoms with van der Waals surface area (Å²) in [7, 11) is 0. The Bertz CT molecular complexity index is 685. The predicted molar refractivity (Wildman–Crippen MR) is 103 cm³/mol. The lowest BCUT2D eigenvalue weighted by atomic mass is 9.87. The molecule has 0 saturated carbocycles. The lowest BCUT2D eigenvalue weighted by Crippen LogP contribution is -2.43. The lowest BCUT2D eigenvalue weighted by molar-refractivity contribution is 0.126. The van der Waals surface area contributed by atoms with E-state index in [4.69, 9.17) is 19.3 Å². The van der Waals surface area contributed by atoms with Gasteiger partial charge in [-0.25, -0.2) is 9.59 Å². The molecule has 8 nitrogen and oxygen atoms in total. The molecule has 0 radical (unpaired) electrons. The second-order valence-electron chi connectivity index (χ2n) is 7.85. The zero-order chi connectivity index (χ0) is 20.8. The molecule has 0 aliphatic carbocycles. The van der Waals surface area contributed by atoms with Crippen LogP contribution in [0.3, 0.4) is 0 Å². The molecule has 1 aliphatic rings. The highest BCUT2D eigenvalue weighted by molar-refractivity contribution is 5.69. The van der Waals surface area contributed by atoms with Gasteiger partial charge in [0.05, 0.1) is 24.3 Å². The van der Waals surface area contributed by atoms with Gasteiger partial charge in [-0.15, -0.1) is 0 Å². The van der Waals surface area contributed by atoms with Crippen LogP contribution in [0.15, 0.2) is 24.3 Å². The van der Waals surface area contributed by atoms with Crippen LogP contribution < -0.4 is 10.6 Å². The van der Waals surface area contributed by atoms with Crippen LogP contribution in [0.2, 0.25) is 0 Å². The first-order valence-electron chi connectivity index (χ1n) is 9.37. The number of carbonyl (C=O) groups is 2. The van der Waals surface area contributed by atoms with Crippen molar-refractivity contribution in [2.24, 2.45) is 0 Å². The van der Waals surface area contributed by atoms with E-state index in [1.807, 2.05) is 52.0 Å². The number of epoxide rings is 1. The number of aliphatic hydroxyl groups excluding tert-OH is 1. The van der Waals surface area contributed by atoms with Crippen LogP contribution in [-0.4, -0.2) is 49.8 Å². The third kappa shape index (κ3) is 6.69. The summed E-state index contributed by atoms with van der Waals surface area (Å²) in [6, 6.07) is 7.61. The van der Waals surface area contributed by atoms with Crippen LogP contribution in [0.25, 0.3) is 0 Å². The van der Waals surface area contributed by atoms with Gasteiger partial charge < -0.3 is 30.0 Å². The molecule has 2 rings (SSSR count). The molecule has 0 aromatic heterocycles. The van der Waals surface area contributed by atoms with Crippen molar-refractivity contribution in [3.8, 4) is 0 Å². The molecule has 3 N–H and O–H groups in total. The molecule has 1 fully saturated rings. The standard InChI is InChI=1S/C20H30N2O6/c1-19(2,21-17(24)26-10-6-9-23)14-7-5-8-15(11-14)20(3,4)22-18(25)28-13-16-12-27-16/h5,7-8,11,16,23H,6,9-10,12-13H2,1-4H3,(H,21,24)(H,22,25). The molecule has 1 aromatic carbocycles. The summed E-state index contributed by atoms with van der Waals surface area (Å²) in [5, 5.41) is 14.4. The average Bonchev–Trinajstić information content (AvgIpc) is 3.44. The first-order valence-corrected chi connectivity index (χ1v) is 9.37. The van der Waals surface area contributed by atoms with E-state index in [0.717, 1.165) is 11.1 Å². The Morgan fingerprint density at radius 1 is 1.11 bits per heavy atom. The van der Waals surface area contributed by atoms with Gasteiger partial charge in [-0.05, 0) is 38.8 Å². The number of carbonyl (C=O) groups excluding carboxylic acids is 2. The summed E-state index contributed by atoms with van der Waals surface area (Å²) in [5.74, 6) is 0. The van der Waals surface area contributed by atoms with E-state index in [-0.39, 0.29) is 25.9 Å². The maximum atomic E-state index is 12.0. The minimum absolute atomic E-state index is 0.0150. The van der Waals surface area contributed by atoms with E-state index in [1.165, 1.54) is 0 Å². The number of hydrogen-bond donors (Lipinski definition) is 3. The van der Waals surface area contributed by atoms with Crippen molar-refractivity contribution in [3.63, 3.8) is 0 Å². The molecule has 1 atom stereocenters. The van der Waals surface area contributed by atoms with E-state index in [0.29, 0.717) is 13.0 Å². The third-order valence-electron chi connectivity index (χ3n) is 4.47. The van der Waals surface area contributed by atoms with Gasteiger partial charge >= 0.3 is 12.2 Å². The Labute approximate surface area is 165 Å². The van der Waals surface area contributed by atoms with Gasteiger partial charge in [0, 0.05) is 13.0 Å². The second-order valence-corrected chi connectivity index (χ2v) is 7.85. The number of benzene rings is 1. The van der Waals surface area contributed by atoms with E-state index in [2.05, 4.69) is 10.6 Å². The molecule has 1 saturated heterocycles. The molecule has 156 valence electrons. The minimum Gasteiger partial charge on any atom is -0.449 e.